The maximum absolute atomic E-state index is 12.9. The van der Waals surface area contributed by atoms with Crippen LogP contribution in [0, 0.1) is 0 Å². The van der Waals surface area contributed by atoms with E-state index < -0.39 is 21.8 Å². The fraction of sp³-hybridized carbons (Fsp3) is 0.286. The van der Waals surface area contributed by atoms with Gasteiger partial charge in [0.2, 0.25) is 10.0 Å². The summed E-state index contributed by atoms with van der Waals surface area (Å²) in [7, 11) is -0.747. The van der Waals surface area contributed by atoms with Crippen LogP contribution in [0.1, 0.15) is 5.56 Å². The van der Waals surface area contributed by atoms with E-state index in [1.165, 1.54) is 6.20 Å². The number of hydrogen-bond donors (Lipinski definition) is 2. The summed E-state index contributed by atoms with van der Waals surface area (Å²) < 4.78 is 65.9. The SMILES string of the molecule is CN(C)CNS(=O)(=O)c1cc(N)cnc1-c1cncc(C(F)(F)F)c1. The first kappa shape index (κ1) is 19.1. The van der Waals surface area contributed by atoms with Gasteiger partial charge in [-0.25, -0.2) is 8.42 Å². The molecule has 0 amide bonds. The highest BCUT2D eigenvalue weighted by molar-refractivity contribution is 7.89. The van der Waals surface area contributed by atoms with Crippen molar-refractivity contribution >= 4 is 15.7 Å². The molecule has 2 heterocycles. The Morgan fingerprint density at radius 3 is 2.48 bits per heavy atom. The van der Waals surface area contributed by atoms with E-state index in [0.29, 0.717) is 6.20 Å². The second-order valence-electron chi connectivity index (χ2n) is 5.46. The van der Waals surface area contributed by atoms with Crippen molar-refractivity contribution in [3.63, 3.8) is 0 Å². The quantitative estimate of drug-likeness (QED) is 0.769. The zero-order valence-corrected chi connectivity index (χ0v) is 14.2. The lowest BCUT2D eigenvalue weighted by molar-refractivity contribution is -0.137. The van der Waals surface area contributed by atoms with Crippen molar-refractivity contribution in [3.05, 3.63) is 36.3 Å². The molecule has 0 atom stereocenters. The molecular formula is C14H16F3N5O2S. The minimum atomic E-state index is -4.61. The third-order valence-corrected chi connectivity index (χ3v) is 4.47. The Kier molecular flexibility index (Phi) is 5.30. The summed E-state index contributed by atoms with van der Waals surface area (Å²) in [6, 6.07) is 1.93. The Balaban J connectivity index is 2.57. The number of halogens is 3. The van der Waals surface area contributed by atoms with Crippen LogP contribution in [0.5, 0.6) is 0 Å². The smallest absolute Gasteiger partial charge is 0.397 e. The van der Waals surface area contributed by atoms with Crippen LogP contribution in [0.3, 0.4) is 0 Å². The Bertz CT molecular complexity index is 869. The highest BCUT2D eigenvalue weighted by Crippen LogP contribution is 2.33. The van der Waals surface area contributed by atoms with Crippen LogP contribution < -0.4 is 10.5 Å². The normalized spacial score (nSPS) is 12.6. The lowest BCUT2D eigenvalue weighted by Gasteiger charge is -2.15. The molecule has 0 saturated heterocycles. The zero-order valence-electron chi connectivity index (χ0n) is 13.4. The fourth-order valence-corrected chi connectivity index (χ4v) is 3.20. The van der Waals surface area contributed by atoms with E-state index in [0.717, 1.165) is 18.3 Å². The summed E-state index contributed by atoms with van der Waals surface area (Å²) in [6.45, 7) is -0.00257. The summed E-state index contributed by atoms with van der Waals surface area (Å²) in [6.07, 6.45) is -1.68. The molecule has 7 nitrogen and oxygen atoms in total. The topological polar surface area (TPSA) is 101 Å². The molecule has 0 spiro atoms. The van der Waals surface area contributed by atoms with Crippen LogP contribution >= 0.6 is 0 Å². The molecule has 11 heteroatoms. The number of nitrogens with two attached hydrogens (primary N) is 1. The zero-order chi connectivity index (χ0) is 18.8. The Hall–Kier alpha value is -2.24. The van der Waals surface area contributed by atoms with Gasteiger partial charge in [0.25, 0.3) is 0 Å². The number of pyridine rings is 2. The predicted molar refractivity (Wildman–Crippen MR) is 85.8 cm³/mol. The monoisotopic (exact) mass is 375 g/mol. The molecule has 0 fully saturated rings. The highest BCUT2D eigenvalue weighted by atomic mass is 32.2. The van der Waals surface area contributed by atoms with E-state index in [1.807, 2.05) is 0 Å². The van der Waals surface area contributed by atoms with E-state index in [4.69, 9.17) is 5.73 Å². The van der Waals surface area contributed by atoms with Crippen molar-refractivity contribution in [3.8, 4) is 11.3 Å². The van der Waals surface area contributed by atoms with Gasteiger partial charge in [0, 0.05) is 18.0 Å². The number of aromatic nitrogens is 2. The number of sulfonamides is 1. The molecule has 0 aliphatic heterocycles. The van der Waals surface area contributed by atoms with Crippen molar-refractivity contribution in [2.45, 2.75) is 11.1 Å². The fourth-order valence-electron chi connectivity index (χ4n) is 1.90. The first-order valence-electron chi connectivity index (χ1n) is 6.93. The Morgan fingerprint density at radius 2 is 1.88 bits per heavy atom. The number of hydrogen-bond acceptors (Lipinski definition) is 6. The molecule has 25 heavy (non-hydrogen) atoms. The van der Waals surface area contributed by atoms with Crippen LogP contribution in [0.25, 0.3) is 11.3 Å². The summed E-state index contributed by atoms with van der Waals surface area (Å²) in [5, 5.41) is 0. The molecule has 0 radical (unpaired) electrons. The summed E-state index contributed by atoms with van der Waals surface area (Å²) in [4.78, 5) is 8.68. The molecule has 0 saturated carbocycles. The van der Waals surface area contributed by atoms with E-state index in [1.54, 1.807) is 19.0 Å². The second kappa shape index (κ2) is 6.94. The molecule has 2 rings (SSSR count). The maximum Gasteiger partial charge on any atom is 0.417 e. The largest absolute Gasteiger partial charge is 0.417 e. The average molecular weight is 375 g/mol. The molecule has 0 unspecified atom stereocenters. The summed E-state index contributed by atoms with van der Waals surface area (Å²) in [5.74, 6) is 0. The minimum Gasteiger partial charge on any atom is -0.397 e. The minimum absolute atomic E-state index is 0.00257. The standard InChI is InChI=1S/C14H16F3N5O2S/c1-22(2)8-21-25(23,24)12-4-11(18)7-20-13(12)9-3-10(6-19-5-9)14(15,16)17/h3-7,21H,8,18H2,1-2H3. The van der Waals surface area contributed by atoms with Crippen LogP contribution in [0.15, 0.2) is 35.6 Å². The number of anilines is 1. The average Bonchev–Trinajstić information content (AvgIpc) is 2.52. The molecular weight excluding hydrogens is 359 g/mol. The molecule has 3 N–H and O–H groups in total. The lowest BCUT2D eigenvalue weighted by Crippen LogP contribution is -2.33. The lowest BCUT2D eigenvalue weighted by atomic mass is 10.1. The van der Waals surface area contributed by atoms with Gasteiger partial charge in [0.1, 0.15) is 4.90 Å². The number of nitrogens with one attached hydrogen (secondary N) is 1. The molecule has 136 valence electrons. The molecule has 0 aliphatic carbocycles. The van der Waals surface area contributed by atoms with Crippen molar-refractivity contribution in [1.29, 1.82) is 0 Å². The number of nitrogen functional groups attached to an aromatic ring is 1. The molecule has 2 aromatic heterocycles. The second-order valence-corrected chi connectivity index (χ2v) is 7.20. The van der Waals surface area contributed by atoms with Gasteiger partial charge in [-0.05, 0) is 26.2 Å². The molecule has 0 aromatic carbocycles. The van der Waals surface area contributed by atoms with Crippen LogP contribution in [-0.2, 0) is 16.2 Å². The van der Waals surface area contributed by atoms with Gasteiger partial charge in [-0.15, -0.1) is 0 Å². The van der Waals surface area contributed by atoms with Crippen molar-refractivity contribution in [2.75, 3.05) is 26.5 Å². The summed E-state index contributed by atoms with van der Waals surface area (Å²) in [5.41, 5.74) is 4.40. The van der Waals surface area contributed by atoms with Gasteiger partial charge in [-0.1, -0.05) is 0 Å². The third-order valence-electron chi connectivity index (χ3n) is 3.07. The molecule has 0 aliphatic rings. The summed E-state index contributed by atoms with van der Waals surface area (Å²) >= 11 is 0. The van der Waals surface area contributed by atoms with E-state index in [-0.39, 0.29) is 28.5 Å². The number of rotatable bonds is 5. The van der Waals surface area contributed by atoms with Gasteiger partial charge in [-0.2, -0.15) is 17.9 Å². The van der Waals surface area contributed by atoms with Crippen molar-refractivity contribution < 1.29 is 21.6 Å². The van der Waals surface area contributed by atoms with Gasteiger partial charge >= 0.3 is 6.18 Å². The first-order chi connectivity index (χ1) is 11.5. The van der Waals surface area contributed by atoms with Gasteiger partial charge < -0.3 is 5.73 Å². The third kappa shape index (κ3) is 4.65. The van der Waals surface area contributed by atoms with Crippen LogP contribution in [0.2, 0.25) is 0 Å². The van der Waals surface area contributed by atoms with Crippen LogP contribution in [-0.4, -0.2) is 44.0 Å². The first-order valence-corrected chi connectivity index (χ1v) is 8.41. The predicted octanol–water partition coefficient (Wildman–Crippen LogP) is 1.54. The maximum atomic E-state index is 12.9. The van der Waals surface area contributed by atoms with Crippen molar-refractivity contribution in [1.82, 2.24) is 19.6 Å². The van der Waals surface area contributed by atoms with Crippen LogP contribution in [0.4, 0.5) is 18.9 Å². The van der Waals surface area contributed by atoms with Gasteiger partial charge in [0.15, 0.2) is 0 Å². The van der Waals surface area contributed by atoms with E-state index in [2.05, 4.69) is 14.7 Å². The van der Waals surface area contributed by atoms with Gasteiger partial charge in [0.05, 0.1) is 29.8 Å². The molecule has 2 aromatic rings. The van der Waals surface area contributed by atoms with Gasteiger partial charge in [-0.3, -0.25) is 14.9 Å². The van der Waals surface area contributed by atoms with Crippen molar-refractivity contribution in [2.24, 2.45) is 0 Å². The Labute approximate surface area is 142 Å². The highest BCUT2D eigenvalue weighted by Gasteiger charge is 2.32. The number of alkyl halides is 3. The Morgan fingerprint density at radius 1 is 1.20 bits per heavy atom. The number of nitrogens with zero attached hydrogens (tertiary/aromatic N) is 3. The molecule has 0 bridgehead atoms. The van der Waals surface area contributed by atoms with E-state index in [9.17, 15) is 21.6 Å². The van der Waals surface area contributed by atoms with E-state index >= 15 is 0 Å².